The maximum Gasteiger partial charge on any atom is 0.329 e. The molecule has 1 aromatic rings. The molecule has 0 aliphatic carbocycles. The van der Waals surface area contributed by atoms with Crippen molar-refractivity contribution < 1.29 is 24.2 Å². The Labute approximate surface area is 115 Å². The number of nitrogens with one attached hydrogen (secondary N) is 2. The summed E-state index contributed by atoms with van der Waals surface area (Å²) in [5.74, 6) is -1.60. The van der Waals surface area contributed by atoms with Gasteiger partial charge in [0.1, 0.15) is 6.61 Å². The molecule has 0 bridgehead atoms. The van der Waals surface area contributed by atoms with E-state index in [1.54, 1.807) is 24.3 Å². The van der Waals surface area contributed by atoms with Crippen molar-refractivity contribution in [3.05, 3.63) is 29.8 Å². The minimum Gasteiger partial charge on any atom is -0.480 e. The largest absolute Gasteiger partial charge is 0.480 e. The molecular formula is C13H16N2O5. The van der Waals surface area contributed by atoms with Crippen LogP contribution in [-0.4, -0.2) is 42.6 Å². The highest BCUT2D eigenvalue weighted by Gasteiger charge is 2.06. The molecule has 7 heteroatoms. The predicted octanol–water partition coefficient (Wildman–Crippen LogP) is 0.476. The lowest BCUT2D eigenvalue weighted by molar-refractivity contribution is -0.142. The van der Waals surface area contributed by atoms with Crippen LogP contribution in [0.5, 0.6) is 0 Å². The Morgan fingerprint density at radius 2 is 2.05 bits per heavy atom. The zero-order valence-corrected chi connectivity index (χ0v) is 11.0. The average Bonchev–Trinajstić information content (AvgIpc) is 2.37. The van der Waals surface area contributed by atoms with E-state index < -0.39 is 12.6 Å². The van der Waals surface area contributed by atoms with Gasteiger partial charge in [0, 0.05) is 24.7 Å². The van der Waals surface area contributed by atoms with Crippen LogP contribution in [0.25, 0.3) is 0 Å². The van der Waals surface area contributed by atoms with E-state index in [2.05, 4.69) is 10.6 Å². The average molecular weight is 280 g/mol. The van der Waals surface area contributed by atoms with Gasteiger partial charge in [-0.3, -0.25) is 9.59 Å². The van der Waals surface area contributed by atoms with Crippen LogP contribution in [0.2, 0.25) is 0 Å². The van der Waals surface area contributed by atoms with Crippen LogP contribution >= 0.6 is 0 Å². The van der Waals surface area contributed by atoms with E-state index in [0.29, 0.717) is 11.3 Å². The Kier molecular flexibility index (Phi) is 6.18. The van der Waals surface area contributed by atoms with Gasteiger partial charge in [0.05, 0.1) is 6.61 Å². The molecule has 0 atom stereocenters. The molecule has 0 fully saturated rings. The fourth-order valence-electron chi connectivity index (χ4n) is 1.44. The van der Waals surface area contributed by atoms with Crippen LogP contribution in [0.1, 0.15) is 17.3 Å². The number of carbonyl (C=O) groups excluding carboxylic acids is 2. The first-order chi connectivity index (χ1) is 9.49. The van der Waals surface area contributed by atoms with Gasteiger partial charge in [0.15, 0.2) is 0 Å². The van der Waals surface area contributed by atoms with Crippen LogP contribution < -0.4 is 10.6 Å². The maximum absolute atomic E-state index is 11.8. The molecule has 0 aromatic heterocycles. The second-order valence-electron chi connectivity index (χ2n) is 3.96. The van der Waals surface area contributed by atoms with Gasteiger partial charge in [-0.1, -0.05) is 6.07 Å². The molecule has 0 aliphatic heterocycles. The topological polar surface area (TPSA) is 105 Å². The molecule has 1 aromatic carbocycles. The van der Waals surface area contributed by atoms with Gasteiger partial charge in [-0.2, -0.15) is 0 Å². The van der Waals surface area contributed by atoms with E-state index in [1.807, 2.05) is 0 Å². The van der Waals surface area contributed by atoms with Gasteiger partial charge >= 0.3 is 5.97 Å². The summed E-state index contributed by atoms with van der Waals surface area (Å²) in [6, 6.07) is 6.49. The normalized spacial score (nSPS) is 9.85. The summed E-state index contributed by atoms with van der Waals surface area (Å²) >= 11 is 0. The smallest absolute Gasteiger partial charge is 0.329 e. The first-order valence-electron chi connectivity index (χ1n) is 5.94. The summed E-state index contributed by atoms with van der Waals surface area (Å²) in [5, 5.41) is 13.5. The summed E-state index contributed by atoms with van der Waals surface area (Å²) < 4.78 is 4.79. The van der Waals surface area contributed by atoms with E-state index in [1.165, 1.54) is 6.92 Å². The molecule has 0 saturated carbocycles. The number of carbonyl (C=O) groups is 3. The Morgan fingerprint density at radius 1 is 1.30 bits per heavy atom. The van der Waals surface area contributed by atoms with Crippen molar-refractivity contribution >= 4 is 23.5 Å². The third kappa shape index (κ3) is 5.96. The van der Waals surface area contributed by atoms with E-state index in [-0.39, 0.29) is 25.0 Å². The number of carboxylic acid groups (broad SMARTS) is 1. The lowest BCUT2D eigenvalue weighted by Crippen LogP contribution is -2.28. The summed E-state index contributed by atoms with van der Waals surface area (Å²) in [6.07, 6.45) is 0. The zero-order valence-electron chi connectivity index (χ0n) is 11.0. The number of ether oxygens (including phenoxy) is 1. The predicted molar refractivity (Wildman–Crippen MR) is 71.5 cm³/mol. The molecule has 0 spiro atoms. The van der Waals surface area contributed by atoms with Crippen molar-refractivity contribution in [2.45, 2.75) is 6.92 Å². The van der Waals surface area contributed by atoms with Crippen LogP contribution in [0.3, 0.4) is 0 Å². The van der Waals surface area contributed by atoms with Crippen LogP contribution in [0.4, 0.5) is 5.69 Å². The Balaban J connectivity index is 2.43. The summed E-state index contributed by atoms with van der Waals surface area (Å²) in [5.41, 5.74) is 0.932. The Morgan fingerprint density at radius 3 is 2.70 bits per heavy atom. The first-order valence-corrected chi connectivity index (χ1v) is 5.94. The van der Waals surface area contributed by atoms with E-state index in [0.717, 1.165) is 0 Å². The molecule has 0 radical (unpaired) electrons. The molecular weight excluding hydrogens is 264 g/mol. The number of amides is 2. The summed E-state index contributed by atoms with van der Waals surface area (Å²) in [4.78, 5) is 32.9. The molecule has 0 saturated heterocycles. The van der Waals surface area contributed by atoms with Crippen molar-refractivity contribution in [1.29, 1.82) is 0 Å². The standard InChI is InChI=1S/C13H16N2O5/c1-9(16)15-11-4-2-3-10(7-11)13(19)14-5-6-20-8-12(17)18/h2-4,7H,5-6,8H2,1H3,(H,14,19)(H,15,16)(H,17,18). The molecule has 2 amide bonds. The quantitative estimate of drug-likeness (QED) is 0.630. The molecule has 1 rings (SSSR count). The summed E-state index contributed by atoms with van der Waals surface area (Å²) in [7, 11) is 0. The number of rotatable bonds is 7. The number of aliphatic carboxylic acids is 1. The highest BCUT2D eigenvalue weighted by molar-refractivity contribution is 5.96. The minimum atomic E-state index is -1.06. The monoisotopic (exact) mass is 280 g/mol. The maximum atomic E-state index is 11.8. The SMILES string of the molecule is CC(=O)Nc1cccc(C(=O)NCCOCC(=O)O)c1. The zero-order chi connectivity index (χ0) is 15.0. The first kappa shape index (κ1) is 15.6. The molecule has 0 unspecified atom stereocenters. The molecule has 3 N–H and O–H groups in total. The lowest BCUT2D eigenvalue weighted by atomic mass is 10.2. The second-order valence-corrected chi connectivity index (χ2v) is 3.96. The van der Waals surface area contributed by atoms with Crippen molar-refractivity contribution in [3.63, 3.8) is 0 Å². The van der Waals surface area contributed by atoms with Gasteiger partial charge in [-0.25, -0.2) is 4.79 Å². The van der Waals surface area contributed by atoms with Crippen LogP contribution in [-0.2, 0) is 14.3 Å². The van der Waals surface area contributed by atoms with E-state index >= 15 is 0 Å². The van der Waals surface area contributed by atoms with Gasteiger partial charge in [0.2, 0.25) is 5.91 Å². The van der Waals surface area contributed by atoms with Crippen molar-refractivity contribution in [2.75, 3.05) is 25.1 Å². The Bertz CT molecular complexity index is 501. The third-order valence-electron chi connectivity index (χ3n) is 2.20. The van der Waals surface area contributed by atoms with Crippen LogP contribution in [0, 0.1) is 0 Å². The second kappa shape index (κ2) is 7.90. The van der Waals surface area contributed by atoms with Gasteiger partial charge in [0.25, 0.3) is 5.91 Å². The minimum absolute atomic E-state index is 0.115. The van der Waals surface area contributed by atoms with E-state index in [9.17, 15) is 14.4 Å². The van der Waals surface area contributed by atoms with Crippen LogP contribution in [0.15, 0.2) is 24.3 Å². The van der Waals surface area contributed by atoms with Crippen molar-refractivity contribution in [1.82, 2.24) is 5.32 Å². The number of hydrogen-bond donors (Lipinski definition) is 3. The molecule has 20 heavy (non-hydrogen) atoms. The van der Waals surface area contributed by atoms with Crippen molar-refractivity contribution in [3.8, 4) is 0 Å². The fraction of sp³-hybridized carbons (Fsp3) is 0.308. The highest BCUT2D eigenvalue weighted by atomic mass is 16.5. The molecule has 7 nitrogen and oxygen atoms in total. The number of hydrogen-bond acceptors (Lipinski definition) is 4. The van der Waals surface area contributed by atoms with Gasteiger partial charge < -0.3 is 20.5 Å². The molecule has 0 aliphatic rings. The lowest BCUT2D eigenvalue weighted by Gasteiger charge is -2.07. The summed E-state index contributed by atoms with van der Waals surface area (Å²) in [6.45, 7) is 1.31. The fourth-order valence-corrected chi connectivity index (χ4v) is 1.44. The number of anilines is 1. The number of carboxylic acids is 1. The molecule has 0 heterocycles. The molecule has 108 valence electrons. The van der Waals surface area contributed by atoms with Gasteiger partial charge in [-0.05, 0) is 18.2 Å². The van der Waals surface area contributed by atoms with Crippen molar-refractivity contribution in [2.24, 2.45) is 0 Å². The Hall–Kier alpha value is -2.41. The number of benzene rings is 1. The van der Waals surface area contributed by atoms with E-state index in [4.69, 9.17) is 9.84 Å². The van der Waals surface area contributed by atoms with Gasteiger partial charge in [-0.15, -0.1) is 0 Å². The third-order valence-corrected chi connectivity index (χ3v) is 2.20. The highest BCUT2D eigenvalue weighted by Crippen LogP contribution is 2.10.